The summed E-state index contributed by atoms with van der Waals surface area (Å²) in [7, 11) is 1.53. The van der Waals surface area contributed by atoms with Crippen LogP contribution >= 0.6 is 0 Å². The molecule has 3 aromatic rings. The van der Waals surface area contributed by atoms with Gasteiger partial charge in [0.2, 0.25) is 5.91 Å². The Labute approximate surface area is 144 Å². The molecule has 0 aliphatic rings. The molecule has 0 saturated heterocycles. The van der Waals surface area contributed by atoms with Gasteiger partial charge in [-0.1, -0.05) is 12.1 Å². The van der Waals surface area contributed by atoms with E-state index in [-0.39, 0.29) is 18.0 Å². The van der Waals surface area contributed by atoms with Crippen LogP contribution in [0, 0.1) is 6.92 Å². The van der Waals surface area contributed by atoms with E-state index in [9.17, 15) is 9.59 Å². The van der Waals surface area contributed by atoms with Crippen molar-refractivity contribution in [1.82, 2.24) is 19.4 Å². The summed E-state index contributed by atoms with van der Waals surface area (Å²) in [6, 6.07) is 10.9. The number of nitrogens with one attached hydrogen (secondary N) is 1. The molecular formula is C18H20N4O3. The molecule has 0 fully saturated rings. The summed E-state index contributed by atoms with van der Waals surface area (Å²) < 4.78 is 8.48. The van der Waals surface area contributed by atoms with Crippen LogP contribution in [0.4, 0.5) is 0 Å². The molecule has 2 heterocycles. The summed E-state index contributed by atoms with van der Waals surface area (Å²) in [6.07, 6.45) is 1.66. The predicted molar refractivity (Wildman–Crippen MR) is 94.7 cm³/mol. The second kappa shape index (κ2) is 7.21. The van der Waals surface area contributed by atoms with Crippen molar-refractivity contribution >= 4 is 16.9 Å². The average molecular weight is 340 g/mol. The van der Waals surface area contributed by atoms with E-state index in [1.165, 1.54) is 13.2 Å². The van der Waals surface area contributed by atoms with Crippen LogP contribution in [0.2, 0.25) is 0 Å². The lowest BCUT2D eigenvalue weighted by Gasteiger charge is -2.12. The number of nitrogens with zero attached hydrogens (tertiary/aromatic N) is 3. The largest absolute Gasteiger partial charge is 0.496 e. The number of pyridine rings is 1. The van der Waals surface area contributed by atoms with Gasteiger partial charge in [0, 0.05) is 24.8 Å². The first kappa shape index (κ1) is 16.8. The Morgan fingerprint density at radius 3 is 2.84 bits per heavy atom. The minimum atomic E-state index is -0.147. The van der Waals surface area contributed by atoms with Crippen molar-refractivity contribution in [3.05, 3.63) is 58.8 Å². The van der Waals surface area contributed by atoms with E-state index in [0.717, 1.165) is 16.7 Å². The van der Waals surface area contributed by atoms with E-state index in [0.29, 0.717) is 18.8 Å². The monoisotopic (exact) mass is 340 g/mol. The molecule has 130 valence electrons. The van der Waals surface area contributed by atoms with E-state index >= 15 is 0 Å². The number of benzene rings is 1. The lowest BCUT2D eigenvalue weighted by atomic mass is 10.3. The number of aryl methyl sites for hydroxylation is 1. The molecule has 0 aliphatic carbocycles. The van der Waals surface area contributed by atoms with Crippen LogP contribution in [0.15, 0.2) is 47.5 Å². The lowest BCUT2D eigenvalue weighted by Crippen LogP contribution is -2.33. The number of carbonyl (C=O) groups excluding carboxylic acids is 1. The van der Waals surface area contributed by atoms with E-state index in [2.05, 4.69) is 10.3 Å². The zero-order valence-electron chi connectivity index (χ0n) is 14.2. The summed E-state index contributed by atoms with van der Waals surface area (Å²) >= 11 is 0. The Morgan fingerprint density at radius 2 is 2.08 bits per heavy atom. The third kappa shape index (κ3) is 3.71. The maximum absolute atomic E-state index is 12.1. The number of amides is 1. The quantitative estimate of drug-likeness (QED) is 0.734. The average Bonchev–Trinajstić information content (AvgIpc) is 3.00. The minimum Gasteiger partial charge on any atom is -0.496 e. The fourth-order valence-corrected chi connectivity index (χ4v) is 2.76. The third-order valence-corrected chi connectivity index (χ3v) is 4.04. The smallest absolute Gasteiger partial charge is 0.254 e. The first-order valence-electron chi connectivity index (χ1n) is 8.00. The zero-order valence-corrected chi connectivity index (χ0v) is 14.2. The minimum absolute atomic E-state index is 0.123. The fraction of sp³-hybridized carbons (Fsp3) is 0.278. The van der Waals surface area contributed by atoms with Gasteiger partial charge < -0.3 is 19.2 Å². The van der Waals surface area contributed by atoms with E-state index in [1.54, 1.807) is 21.5 Å². The van der Waals surface area contributed by atoms with E-state index in [1.807, 2.05) is 31.2 Å². The molecule has 0 aliphatic heterocycles. The number of rotatable bonds is 6. The zero-order chi connectivity index (χ0) is 17.8. The Morgan fingerprint density at radius 1 is 1.28 bits per heavy atom. The maximum atomic E-state index is 12.1. The van der Waals surface area contributed by atoms with Gasteiger partial charge in [0.25, 0.3) is 5.56 Å². The van der Waals surface area contributed by atoms with E-state index in [4.69, 9.17) is 4.74 Å². The number of ether oxygens (including phenoxy) is 1. The maximum Gasteiger partial charge on any atom is 0.254 e. The lowest BCUT2D eigenvalue weighted by molar-refractivity contribution is -0.121. The van der Waals surface area contributed by atoms with Crippen molar-refractivity contribution in [1.29, 1.82) is 0 Å². The van der Waals surface area contributed by atoms with Crippen LogP contribution < -0.4 is 15.6 Å². The molecule has 0 unspecified atom stereocenters. The van der Waals surface area contributed by atoms with Crippen LogP contribution in [0.5, 0.6) is 5.75 Å². The molecule has 25 heavy (non-hydrogen) atoms. The summed E-state index contributed by atoms with van der Waals surface area (Å²) in [4.78, 5) is 28.5. The molecule has 0 radical (unpaired) electrons. The molecule has 1 N–H and O–H groups in total. The molecule has 0 spiro atoms. The standard InChI is InChI=1S/C18H20N4O3/c1-13-9-14(25-2)10-18(24)22(13)8-7-19-17(23)11-21-12-20-15-5-3-4-6-16(15)21/h3-6,9-10,12H,7-8,11H2,1-2H3,(H,19,23). The molecule has 0 saturated carbocycles. The van der Waals surface area contributed by atoms with Gasteiger partial charge in [0.15, 0.2) is 0 Å². The highest BCUT2D eigenvalue weighted by atomic mass is 16.5. The summed E-state index contributed by atoms with van der Waals surface area (Å²) in [5.74, 6) is 0.414. The Hall–Kier alpha value is -3.09. The number of para-hydroxylation sites is 2. The fourth-order valence-electron chi connectivity index (χ4n) is 2.76. The van der Waals surface area contributed by atoms with Crippen LogP contribution in [0.1, 0.15) is 5.69 Å². The Balaban J connectivity index is 1.59. The van der Waals surface area contributed by atoms with Crippen molar-refractivity contribution in [2.45, 2.75) is 20.0 Å². The van der Waals surface area contributed by atoms with Crippen molar-refractivity contribution in [3.63, 3.8) is 0 Å². The summed E-state index contributed by atoms with van der Waals surface area (Å²) in [5, 5.41) is 2.84. The number of aromatic nitrogens is 3. The Kier molecular flexibility index (Phi) is 4.83. The van der Waals surface area contributed by atoms with Crippen molar-refractivity contribution in [2.24, 2.45) is 0 Å². The van der Waals surface area contributed by atoms with E-state index < -0.39 is 0 Å². The van der Waals surface area contributed by atoms with Crippen LogP contribution in [-0.4, -0.2) is 33.7 Å². The first-order chi connectivity index (χ1) is 12.1. The molecule has 0 bridgehead atoms. The number of methoxy groups -OCH3 is 1. The number of imidazole rings is 1. The van der Waals surface area contributed by atoms with Crippen molar-refractivity contribution in [2.75, 3.05) is 13.7 Å². The number of carbonyl (C=O) groups is 1. The second-order valence-corrected chi connectivity index (χ2v) is 5.74. The summed E-state index contributed by atoms with van der Waals surface area (Å²) in [6.45, 7) is 2.81. The normalized spacial score (nSPS) is 10.8. The van der Waals surface area contributed by atoms with Crippen LogP contribution in [0.3, 0.4) is 0 Å². The highest BCUT2D eigenvalue weighted by molar-refractivity contribution is 5.80. The van der Waals surface area contributed by atoms with Gasteiger partial charge in [-0.2, -0.15) is 0 Å². The van der Waals surface area contributed by atoms with Gasteiger partial charge in [-0.3, -0.25) is 9.59 Å². The number of hydrogen-bond acceptors (Lipinski definition) is 4. The van der Waals surface area contributed by atoms with Gasteiger partial charge >= 0.3 is 0 Å². The first-order valence-corrected chi connectivity index (χ1v) is 8.00. The van der Waals surface area contributed by atoms with Gasteiger partial charge in [0.1, 0.15) is 12.3 Å². The molecule has 2 aromatic heterocycles. The highest BCUT2D eigenvalue weighted by Crippen LogP contribution is 2.11. The summed E-state index contributed by atoms with van der Waals surface area (Å²) in [5.41, 5.74) is 2.42. The molecule has 1 amide bonds. The van der Waals surface area contributed by atoms with Gasteiger partial charge in [0.05, 0.1) is 24.5 Å². The highest BCUT2D eigenvalue weighted by Gasteiger charge is 2.08. The number of fused-ring (bicyclic) bond motifs is 1. The topological polar surface area (TPSA) is 78.2 Å². The van der Waals surface area contributed by atoms with Crippen molar-refractivity contribution in [3.8, 4) is 5.75 Å². The SMILES string of the molecule is COc1cc(C)n(CCNC(=O)Cn2cnc3ccccc32)c(=O)c1. The van der Waals surface area contributed by atoms with Gasteiger partial charge in [-0.15, -0.1) is 0 Å². The molecule has 0 atom stereocenters. The molecule has 7 heteroatoms. The third-order valence-electron chi connectivity index (χ3n) is 4.04. The second-order valence-electron chi connectivity index (χ2n) is 5.74. The molecule has 7 nitrogen and oxygen atoms in total. The van der Waals surface area contributed by atoms with Crippen LogP contribution in [-0.2, 0) is 17.9 Å². The van der Waals surface area contributed by atoms with Crippen molar-refractivity contribution < 1.29 is 9.53 Å². The predicted octanol–water partition coefficient (Wildman–Crippen LogP) is 1.33. The Bertz CT molecular complexity index is 958. The molecule has 3 rings (SSSR count). The number of hydrogen-bond donors (Lipinski definition) is 1. The van der Waals surface area contributed by atoms with Gasteiger partial charge in [-0.05, 0) is 25.1 Å². The molecular weight excluding hydrogens is 320 g/mol. The van der Waals surface area contributed by atoms with Gasteiger partial charge in [-0.25, -0.2) is 4.98 Å². The molecule has 1 aromatic carbocycles. The van der Waals surface area contributed by atoms with Crippen LogP contribution in [0.25, 0.3) is 11.0 Å².